The quantitative estimate of drug-likeness (QED) is 0.807. The smallest absolute Gasteiger partial charge is 0.349 e. The molecule has 20 heavy (non-hydrogen) atoms. The monoisotopic (exact) mass is 277 g/mol. The SMILES string of the molecule is CCCCN(C)C(=O)c1cc2cc(F)ccc2oc1=O. The lowest BCUT2D eigenvalue weighted by atomic mass is 10.1. The van der Waals surface area contributed by atoms with Crippen LogP contribution in [0.2, 0.25) is 0 Å². The van der Waals surface area contributed by atoms with Crippen LogP contribution in [0.15, 0.2) is 33.5 Å². The predicted molar refractivity (Wildman–Crippen MR) is 74.3 cm³/mol. The van der Waals surface area contributed by atoms with Crippen LogP contribution in [0, 0.1) is 5.82 Å². The van der Waals surface area contributed by atoms with Gasteiger partial charge in [0, 0.05) is 19.0 Å². The van der Waals surface area contributed by atoms with Gasteiger partial charge in [-0.05, 0) is 30.7 Å². The van der Waals surface area contributed by atoms with Gasteiger partial charge in [-0.2, -0.15) is 0 Å². The van der Waals surface area contributed by atoms with E-state index in [2.05, 4.69) is 0 Å². The van der Waals surface area contributed by atoms with Gasteiger partial charge in [0.15, 0.2) is 0 Å². The normalized spacial score (nSPS) is 10.8. The van der Waals surface area contributed by atoms with Crippen LogP contribution in [0.25, 0.3) is 11.0 Å². The molecule has 0 atom stereocenters. The van der Waals surface area contributed by atoms with Gasteiger partial charge >= 0.3 is 5.63 Å². The molecule has 1 amide bonds. The Morgan fingerprint density at radius 1 is 1.35 bits per heavy atom. The van der Waals surface area contributed by atoms with Crippen molar-refractivity contribution in [1.29, 1.82) is 0 Å². The number of nitrogens with zero attached hydrogens (tertiary/aromatic N) is 1. The summed E-state index contributed by atoms with van der Waals surface area (Å²) in [6.45, 7) is 2.58. The molecule has 2 aromatic rings. The number of hydrogen-bond donors (Lipinski definition) is 0. The van der Waals surface area contributed by atoms with Crippen molar-refractivity contribution in [2.24, 2.45) is 0 Å². The minimum absolute atomic E-state index is 0.0679. The zero-order chi connectivity index (χ0) is 14.7. The molecule has 0 aliphatic heterocycles. The second kappa shape index (κ2) is 5.86. The van der Waals surface area contributed by atoms with E-state index >= 15 is 0 Å². The molecular weight excluding hydrogens is 261 g/mol. The Morgan fingerprint density at radius 2 is 2.10 bits per heavy atom. The molecule has 0 radical (unpaired) electrons. The molecule has 1 aromatic carbocycles. The Labute approximate surface area is 115 Å². The molecule has 1 aromatic heterocycles. The van der Waals surface area contributed by atoms with Crippen LogP contribution in [-0.2, 0) is 0 Å². The van der Waals surface area contributed by atoms with E-state index in [1.165, 1.54) is 29.2 Å². The number of unbranched alkanes of at least 4 members (excludes halogenated alkanes) is 1. The minimum atomic E-state index is -0.697. The fourth-order valence-corrected chi connectivity index (χ4v) is 1.95. The van der Waals surface area contributed by atoms with E-state index in [1.54, 1.807) is 7.05 Å². The molecule has 0 fully saturated rings. The van der Waals surface area contributed by atoms with Crippen molar-refractivity contribution in [3.05, 3.63) is 46.1 Å². The lowest BCUT2D eigenvalue weighted by Gasteiger charge is -2.16. The second-order valence-corrected chi connectivity index (χ2v) is 4.71. The standard InChI is InChI=1S/C15H16FNO3/c1-3-4-7-17(2)14(18)12-9-10-8-11(16)5-6-13(10)20-15(12)19/h5-6,8-9H,3-4,7H2,1-2H3. The van der Waals surface area contributed by atoms with Crippen LogP contribution in [-0.4, -0.2) is 24.4 Å². The summed E-state index contributed by atoms with van der Waals surface area (Å²) in [6, 6.07) is 5.21. The second-order valence-electron chi connectivity index (χ2n) is 4.71. The molecule has 5 heteroatoms. The number of rotatable bonds is 4. The highest BCUT2D eigenvalue weighted by Gasteiger charge is 2.17. The summed E-state index contributed by atoms with van der Waals surface area (Å²) in [5.74, 6) is -0.845. The number of carbonyl (C=O) groups is 1. The lowest BCUT2D eigenvalue weighted by Crippen LogP contribution is -2.31. The van der Waals surface area contributed by atoms with E-state index in [-0.39, 0.29) is 11.1 Å². The van der Waals surface area contributed by atoms with Gasteiger partial charge < -0.3 is 9.32 Å². The highest BCUT2D eigenvalue weighted by atomic mass is 19.1. The first-order valence-electron chi connectivity index (χ1n) is 6.52. The maximum absolute atomic E-state index is 13.2. The van der Waals surface area contributed by atoms with Crippen LogP contribution < -0.4 is 5.63 Å². The highest BCUT2D eigenvalue weighted by molar-refractivity contribution is 5.96. The summed E-state index contributed by atoms with van der Waals surface area (Å²) >= 11 is 0. The van der Waals surface area contributed by atoms with Gasteiger partial charge in [0.05, 0.1) is 0 Å². The van der Waals surface area contributed by atoms with Crippen molar-refractivity contribution in [1.82, 2.24) is 4.90 Å². The minimum Gasteiger partial charge on any atom is -0.422 e. The largest absolute Gasteiger partial charge is 0.422 e. The summed E-state index contributed by atoms with van der Waals surface area (Å²) in [6.07, 6.45) is 1.81. The Kier molecular flexibility index (Phi) is 4.17. The molecule has 2 rings (SSSR count). The van der Waals surface area contributed by atoms with E-state index in [0.29, 0.717) is 11.9 Å². The topological polar surface area (TPSA) is 50.5 Å². The fourth-order valence-electron chi connectivity index (χ4n) is 1.95. The molecule has 0 unspecified atom stereocenters. The number of halogens is 1. The van der Waals surface area contributed by atoms with Gasteiger partial charge in [-0.15, -0.1) is 0 Å². The molecule has 0 spiro atoms. The summed E-state index contributed by atoms with van der Waals surface area (Å²) in [7, 11) is 1.63. The third-order valence-electron chi connectivity index (χ3n) is 3.12. The van der Waals surface area contributed by atoms with Crippen LogP contribution in [0.5, 0.6) is 0 Å². The Morgan fingerprint density at radius 3 is 2.80 bits per heavy atom. The van der Waals surface area contributed by atoms with Gasteiger partial charge in [-0.3, -0.25) is 4.79 Å². The summed E-state index contributed by atoms with van der Waals surface area (Å²) in [4.78, 5) is 25.5. The van der Waals surface area contributed by atoms with Crippen LogP contribution in [0.3, 0.4) is 0 Å². The zero-order valence-electron chi connectivity index (χ0n) is 11.5. The van der Waals surface area contributed by atoms with Crippen LogP contribution >= 0.6 is 0 Å². The van der Waals surface area contributed by atoms with Crippen molar-refractivity contribution >= 4 is 16.9 Å². The first-order chi connectivity index (χ1) is 9.52. The average Bonchev–Trinajstić information content (AvgIpc) is 2.43. The maximum atomic E-state index is 13.2. The van der Waals surface area contributed by atoms with Crippen molar-refractivity contribution < 1.29 is 13.6 Å². The highest BCUT2D eigenvalue weighted by Crippen LogP contribution is 2.15. The summed E-state index contributed by atoms with van der Waals surface area (Å²) < 4.78 is 18.2. The first kappa shape index (κ1) is 14.2. The Bertz CT molecular complexity index is 693. The van der Waals surface area contributed by atoms with Gasteiger partial charge in [-0.25, -0.2) is 9.18 Å². The summed E-state index contributed by atoms with van der Waals surface area (Å²) in [5.41, 5.74) is -0.497. The zero-order valence-corrected chi connectivity index (χ0v) is 11.5. The van der Waals surface area contributed by atoms with Crippen molar-refractivity contribution in [2.75, 3.05) is 13.6 Å². The number of fused-ring (bicyclic) bond motifs is 1. The van der Waals surface area contributed by atoms with Crippen molar-refractivity contribution in [3.8, 4) is 0 Å². The van der Waals surface area contributed by atoms with Crippen LogP contribution in [0.4, 0.5) is 4.39 Å². The third-order valence-corrected chi connectivity index (χ3v) is 3.12. The molecule has 1 heterocycles. The summed E-state index contributed by atoms with van der Waals surface area (Å²) in [5, 5.41) is 0.400. The molecule has 106 valence electrons. The lowest BCUT2D eigenvalue weighted by molar-refractivity contribution is 0.0789. The van der Waals surface area contributed by atoms with Gasteiger partial charge in [-0.1, -0.05) is 13.3 Å². The molecule has 0 N–H and O–H groups in total. The van der Waals surface area contributed by atoms with E-state index in [9.17, 15) is 14.0 Å². The van der Waals surface area contributed by atoms with Gasteiger partial charge in [0.1, 0.15) is 17.0 Å². The molecule has 0 saturated heterocycles. The molecule has 0 bridgehead atoms. The van der Waals surface area contributed by atoms with Crippen molar-refractivity contribution in [3.63, 3.8) is 0 Å². The Balaban J connectivity index is 2.41. The van der Waals surface area contributed by atoms with E-state index in [1.807, 2.05) is 6.92 Å². The van der Waals surface area contributed by atoms with Gasteiger partial charge in [0.2, 0.25) is 0 Å². The van der Waals surface area contributed by atoms with Crippen molar-refractivity contribution in [2.45, 2.75) is 19.8 Å². The molecule has 0 aliphatic rings. The average molecular weight is 277 g/mol. The molecule has 0 aliphatic carbocycles. The number of hydrogen-bond acceptors (Lipinski definition) is 3. The maximum Gasteiger partial charge on any atom is 0.349 e. The Hall–Kier alpha value is -2.17. The third kappa shape index (κ3) is 2.87. The fraction of sp³-hybridized carbons (Fsp3) is 0.333. The van der Waals surface area contributed by atoms with Gasteiger partial charge in [0.25, 0.3) is 5.91 Å². The number of benzene rings is 1. The van der Waals surface area contributed by atoms with E-state index in [4.69, 9.17) is 4.42 Å². The number of amides is 1. The first-order valence-corrected chi connectivity index (χ1v) is 6.52. The van der Waals surface area contributed by atoms with Crippen LogP contribution in [0.1, 0.15) is 30.1 Å². The molecular formula is C15H16FNO3. The van der Waals surface area contributed by atoms with E-state index in [0.717, 1.165) is 12.8 Å². The van der Waals surface area contributed by atoms with E-state index < -0.39 is 17.3 Å². The number of carbonyl (C=O) groups excluding carboxylic acids is 1. The molecule has 4 nitrogen and oxygen atoms in total. The predicted octanol–water partition coefficient (Wildman–Crippen LogP) is 2.80. The molecule has 0 saturated carbocycles.